The number of sulfone groups is 1. The highest BCUT2D eigenvalue weighted by Crippen LogP contribution is 2.07. The van der Waals surface area contributed by atoms with Gasteiger partial charge in [0.1, 0.15) is 5.60 Å². The third-order valence-electron chi connectivity index (χ3n) is 3.54. The van der Waals surface area contributed by atoms with E-state index in [0.717, 1.165) is 5.56 Å². The van der Waals surface area contributed by atoms with Gasteiger partial charge in [0.15, 0.2) is 15.8 Å². The van der Waals surface area contributed by atoms with Crippen molar-refractivity contribution in [2.45, 2.75) is 45.5 Å². The fraction of sp³-hybridized carbons (Fsp3) is 0.600. The van der Waals surface area contributed by atoms with Crippen molar-refractivity contribution in [3.8, 4) is 0 Å². The number of hydrogen-bond acceptors (Lipinski definition) is 5. The van der Waals surface area contributed by atoms with Crippen LogP contribution in [0.4, 0.5) is 4.79 Å². The van der Waals surface area contributed by atoms with Crippen LogP contribution in [0.2, 0.25) is 0 Å². The Bertz CT molecular complexity index is 743. The molecule has 0 heterocycles. The highest BCUT2D eigenvalue weighted by molar-refractivity contribution is 7.90. The molecular weight excluding hydrogens is 392 g/mol. The minimum absolute atomic E-state index is 0.0478. The van der Waals surface area contributed by atoms with Crippen molar-refractivity contribution in [1.29, 1.82) is 0 Å². The average Bonchev–Trinajstić information content (AvgIpc) is 2.61. The molecule has 3 N–H and O–H groups in total. The Kier molecular flexibility index (Phi) is 10.5. The molecule has 0 atom stereocenters. The van der Waals surface area contributed by atoms with Crippen LogP contribution >= 0.6 is 0 Å². The molecule has 1 rings (SSSR count). The standard InChI is InChI=1S/C20H34N4O4S/c1-5-21-18(23-13-14-24-19(25)28-20(2,3)4)22-12-9-15-29(26,27)16-17-10-7-6-8-11-17/h6-8,10-11H,5,9,12-16H2,1-4H3,(H,24,25)(H2,21,22,23). The van der Waals surface area contributed by atoms with Crippen LogP contribution in [0.5, 0.6) is 0 Å². The van der Waals surface area contributed by atoms with Gasteiger partial charge in [0, 0.05) is 26.2 Å². The van der Waals surface area contributed by atoms with E-state index in [1.807, 2.05) is 37.3 Å². The Labute approximate surface area is 174 Å². The van der Waals surface area contributed by atoms with E-state index >= 15 is 0 Å². The van der Waals surface area contributed by atoms with E-state index in [0.29, 0.717) is 38.6 Å². The second-order valence-corrected chi connectivity index (χ2v) is 9.73. The molecule has 0 spiro atoms. The SMILES string of the molecule is CCNC(=NCCCS(=O)(=O)Cc1ccccc1)NCCNC(=O)OC(C)(C)C. The predicted octanol–water partition coefficient (Wildman–Crippen LogP) is 2.07. The van der Waals surface area contributed by atoms with Gasteiger partial charge >= 0.3 is 6.09 Å². The normalized spacial score (nSPS) is 12.3. The number of alkyl carbamates (subject to hydrolysis) is 1. The van der Waals surface area contributed by atoms with Crippen LogP contribution in [0, 0.1) is 0 Å². The molecule has 1 aromatic carbocycles. The molecule has 8 nitrogen and oxygen atoms in total. The molecule has 0 aliphatic carbocycles. The van der Waals surface area contributed by atoms with Crippen LogP contribution in [0.25, 0.3) is 0 Å². The third-order valence-corrected chi connectivity index (χ3v) is 5.23. The van der Waals surface area contributed by atoms with Gasteiger partial charge < -0.3 is 20.7 Å². The maximum Gasteiger partial charge on any atom is 0.407 e. The van der Waals surface area contributed by atoms with Crippen molar-refractivity contribution >= 4 is 21.9 Å². The maximum atomic E-state index is 12.2. The fourth-order valence-electron chi connectivity index (χ4n) is 2.38. The highest BCUT2D eigenvalue weighted by Gasteiger charge is 2.15. The van der Waals surface area contributed by atoms with Gasteiger partial charge in [0.25, 0.3) is 0 Å². The van der Waals surface area contributed by atoms with E-state index in [4.69, 9.17) is 4.74 Å². The van der Waals surface area contributed by atoms with Gasteiger partial charge in [-0.15, -0.1) is 0 Å². The highest BCUT2D eigenvalue weighted by atomic mass is 32.2. The lowest BCUT2D eigenvalue weighted by atomic mass is 10.2. The summed E-state index contributed by atoms with van der Waals surface area (Å²) in [5.41, 5.74) is 0.262. The maximum absolute atomic E-state index is 12.2. The number of hydrogen-bond donors (Lipinski definition) is 3. The van der Waals surface area contributed by atoms with Gasteiger partial charge in [-0.1, -0.05) is 30.3 Å². The van der Waals surface area contributed by atoms with E-state index in [2.05, 4.69) is 20.9 Å². The van der Waals surface area contributed by atoms with E-state index in [-0.39, 0.29) is 11.5 Å². The summed E-state index contributed by atoms with van der Waals surface area (Å²) in [5.74, 6) is 0.718. The molecular formula is C20H34N4O4S. The molecule has 29 heavy (non-hydrogen) atoms. The van der Waals surface area contributed by atoms with Gasteiger partial charge in [0.05, 0.1) is 11.5 Å². The lowest BCUT2D eigenvalue weighted by molar-refractivity contribution is 0.0529. The number of aliphatic imine (C=N–C) groups is 1. The summed E-state index contributed by atoms with van der Waals surface area (Å²) in [5, 5.41) is 8.85. The van der Waals surface area contributed by atoms with E-state index in [1.54, 1.807) is 20.8 Å². The number of guanidine groups is 1. The molecule has 1 aromatic rings. The Morgan fingerprint density at radius 2 is 1.72 bits per heavy atom. The Morgan fingerprint density at radius 1 is 1.07 bits per heavy atom. The van der Waals surface area contributed by atoms with Crippen LogP contribution in [0.15, 0.2) is 35.3 Å². The fourth-order valence-corrected chi connectivity index (χ4v) is 3.79. The van der Waals surface area contributed by atoms with E-state index in [1.165, 1.54) is 0 Å². The summed E-state index contributed by atoms with van der Waals surface area (Å²) < 4.78 is 29.6. The van der Waals surface area contributed by atoms with Crippen LogP contribution in [0.3, 0.4) is 0 Å². The molecule has 0 aliphatic rings. The monoisotopic (exact) mass is 426 g/mol. The van der Waals surface area contributed by atoms with Crippen LogP contribution in [0.1, 0.15) is 39.7 Å². The number of nitrogens with one attached hydrogen (secondary N) is 3. The first-order chi connectivity index (χ1) is 13.6. The second kappa shape index (κ2) is 12.3. The molecule has 0 radical (unpaired) electrons. The van der Waals surface area contributed by atoms with Crippen LogP contribution in [-0.4, -0.2) is 58.0 Å². The Morgan fingerprint density at radius 3 is 2.34 bits per heavy atom. The minimum atomic E-state index is -3.16. The molecule has 0 unspecified atom stereocenters. The van der Waals surface area contributed by atoms with Crippen LogP contribution < -0.4 is 16.0 Å². The van der Waals surface area contributed by atoms with Gasteiger partial charge in [-0.3, -0.25) is 4.99 Å². The van der Waals surface area contributed by atoms with Gasteiger partial charge in [-0.05, 0) is 39.7 Å². The van der Waals surface area contributed by atoms with E-state index < -0.39 is 21.5 Å². The van der Waals surface area contributed by atoms with Crippen molar-refractivity contribution in [3.05, 3.63) is 35.9 Å². The Hall–Kier alpha value is -2.29. The summed E-state index contributed by atoms with van der Waals surface area (Å²) in [7, 11) is -3.16. The average molecular weight is 427 g/mol. The summed E-state index contributed by atoms with van der Waals surface area (Å²) in [6.07, 6.45) is -0.0214. The second-order valence-electron chi connectivity index (χ2n) is 7.55. The topological polar surface area (TPSA) is 109 Å². The first kappa shape index (κ1) is 24.7. The number of nitrogens with zero attached hydrogens (tertiary/aromatic N) is 1. The zero-order chi connectivity index (χ0) is 21.8. The molecule has 0 saturated heterocycles. The number of ether oxygens (including phenoxy) is 1. The lowest BCUT2D eigenvalue weighted by Crippen LogP contribution is -2.42. The smallest absolute Gasteiger partial charge is 0.407 e. The summed E-state index contributed by atoms with van der Waals surface area (Å²) >= 11 is 0. The Balaban J connectivity index is 2.35. The predicted molar refractivity (Wildman–Crippen MR) is 117 cm³/mol. The van der Waals surface area contributed by atoms with Gasteiger partial charge in [0.2, 0.25) is 0 Å². The minimum Gasteiger partial charge on any atom is -0.444 e. The summed E-state index contributed by atoms with van der Waals surface area (Å²) in [6, 6.07) is 9.16. The van der Waals surface area contributed by atoms with Gasteiger partial charge in [-0.2, -0.15) is 0 Å². The summed E-state index contributed by atoms with van der Waals surface area (Å²) in [4.78, 5) is 16.0. The van der Waals surface area contributed by atoms with Crippen molar-refractivity contribution in [3.63, 3.8) is 0 Å². The molecule has 9 heteroatoms. The molecule has 0 aliphatic heterocycles. The van der Waals surface area contributed by atoms with Crippen molar-refractivity contribution in [2.24, 2.45) is 4.99 Å². The van der Waals surface area contributed by atoms with Crippen molar-refractivity contribution in [1.82, 2.24) is 16.0 Å². The third kappa shape index (κ3) is 12.7. The number of benzene rings is 1. The first-order valence-electron chi connectivity index (χ1n) is 9.84. The molecule has 0 bridgehead atoms. The van der Waals surface area contributed by atoms with Crippen molar-refractivity contribution < 1.29 is 17.9 Å². The zero-order valence-electron chi connectivity index (χ0n) is 17.8. The first-order valence-corrected chi connectivity index (χ1v) is 11.7. The van der Waals surface area contributed by atoms with Gasteiger partial charge in [-0.25, -0.2) is 13.2 Å². The van der Waals surface area contributed by atoms with Crippen LogP contribution in [-0.2, 0) is 20.3 Å². The molecule has 0 saturated carbocycles. The number of rotatable bonds is 10. The van der Waals surface area contributed by atoms with Crippen molar-refractivity contribution in [2.75, 3.05) is 31.9 Å². The number of carbonyl (C=O) groups excluding carboxylic acids is 1. The lowest BCUT2D eigenvalue weighted by Gasteiger charge is -2.19. The zero-order valence-corrected chi connectivity index (χ0v) is 18.6. The number of carbonyl (C=O) groups is 1. The quantitative estimate of drug-likeness (QED) is 0.300. The summed E-state index contributed by atoms with van der Waals surface area (Å²) in [6.45, 7) is 9.28. The number of amides is 1. The molecule has 164 valence electrons. The molecule has 0 aromatic heterocycles. The molecule has 1 amide bonds. The molecule has 0 fully saturated rings. The van der Waals surface area contributed by atoms with E-state index in [9.17, 15) is 13.2 Å². The largest absolute Gasteiger partial charge is 0.444 e.